The van der Waals surface area contributed by atoms with Gasteiger partial charge in [-0.05, 0) is 37.3 Å². The molecular formula is C15H16ClN3O3. The molecule has 2 rings (SSSR count). The van der Waals surface area contributed by atoms with E-state index < -0.39 is 6.09 Å². The van der Waals surface area contributed by atoms with Crippen molar-refractivity contribution >= 4 is 34.9 Å². The number of hydrogen-bond acceptors (Lipinski definition) is 5. The minimum absolute atomic E-state index is 0.306. The van der Waals surface area contributed by atoms with E-state index in [1.54, 1.807) is 50.6 Å². The zero-order valence-electron chi connectivity index (χ0n) is 12.2. The Kier molecular flexibility index (Phi) is 5.43. The molecular weight excluding hydrogens is 306 g/mol. The molecule has 6 nitrogen and oxygen atoms in total. The van der Waals surface area contributed by atoms with Crippen molar-refractivity contribution in [3.05, 3.63) is 41.6 Å². The number of anilines is 3. The van der Waals surface area contributed by atoms with Crippen LogP contribution in [0.4, 0.5) is 22.0 Å². The van der Waals surface area contributed by atoms with Crippen LogP contribution >= 0.6 is 11.6 Å². The highest BCUT2D eigenvalue weighted by atomic mass is 35.5. The van der Waals surface area contributed by atoms with Gasteiger partial charge in [-0.3, -0.25) is 5.32 Å². The number of carbonyl (C=O) groups excluding carboxylic acids is 1. The maximum Gasteiger partial charge on any atom is 0.412 e. The lowest BCUT2D eigenvalue weighted by atomic mass is 10.2. The topological polar surface area (TPSA) is 72.5 Å². The van der Waals surface area contributed by atoms with Crippen molar-refractivity contribution in [1.82, 2.24) is 4.98 Å². The predicted molar refractivity (Wildman–Crippen MR) is 86.2 cm³/mol. The summed E-state index contributed by atoms with van der Waals surface area (Å²) in [6.45, 7) is 2.04. The van der Waals surface area contributed by atoms with Gasteiger partial charge in [0.2, 0.25) is 0 Å². The Labute approximate surface area is 133 Å². The van der Waals surface area contributed by atoms with E-state index in [0.717, 1.165) is 11.4 Å². The van der Waals surface area contributed by atoms with Crippen LogP contribution in [-0.4, -0.2) is 24.8 Å². The molecule has 0 saturated heterocycles. The summed E-state index contributed by atoms with van der Waals surface area (Å²) in [6.07, 6.45) is 1.05. The maximum atomic E-state index is 11.3. The number of carbonyl (C=O) groups is 1. The van der Waals surface area contributed by atoms with Gasteiger partial charge >= 0.3 is 6.09 Å². The normalized spacial score (nSPS) is 9.95. The summed E-state index contributed by atoms with van der Waals surface area (Å²) in [6, 6.07) is 8.71. The van der Waals surface area contributed by atoms with Crippen LogP contribution in [0.1, 0.15) is 6.92 Å². The highest BCUT2D eigenvalue weighted by Crippen LogP contribution is 2.30. The minimum atomic E-state index is -0.535. The van der Waals surface area contributed by atoms with Gasteiger partial charge in [-0.15, -0.1) is 0 Å². The van der Waals surface area contributed by atoms with Gasteiger partial charge in [0.1, 0.15) is 11.6 Å². The molecule has 0 unspecified atom stereocenters. The van der Waals surface area contributed by atoms with Crippen molar-refractivity contribution in [2.75, 3.05) is 24.4 Å². The molecule has 0 radical (unpaired) electrons. The van der Waals surface area contributed by atoms with Crippen molar-refractivity contribution in [1.29, 1.82) is 0 Å². The lowest BCUT2D eigenvalue weighted by Crippen LogP contribution is -2.14. The Morgan fingerprint density at radius 3 is 2.77 bits per heavy atom. The van der Waals surface area contributed by atoms with Gasteiger partial charge in [0, 0.05) is 5.02 Å². The van der Waals surface area contributed by atoms with Crippen molar-refractivity contribution < 1.29 is 14.3 Å². The molecule has 2 aromatic rings. The predicted octanol–water partition coefficient (Wildman–Crippen LogP) is 4.06. The molecule has 22 heavy (non-hydrogen) atoms. The molecule has 0 spiro atoms. The standard InChI is InChI=1S/C15H16ClN3O3/c1-3-22-15(20)19-14-7-5-11(9-17-14)18-12-8-10(16)4-6-13(12)21-2/h4-9,18H,3H2,1-2H3,(H,17,19,20). The lowest BCUT2D eigenvalue weighted by Gasteiger charge is -2.12. The van der Waals surface area contributed by atoms with E-state index in [-0.39, 0.29) is 0 Å². The highest BCUT2D eigenvalue weighted by molar-refractivity contribution is 6.31. The quantitative estimate of drug-likeness (QED) is 0.869. The number of halogens is 1. The molecule has 116 valence electrons. The molecule has 0 aliphatic rings. The molecule has 1 amide bonds. The third-order valence-corrected chi connectivity index (χ3v) is 2.94. The minimum Gasteiger partial charge on any atom is -0.495 e. The largest absolute Gasteiger partial charge is 0.495 e. The van der Waals surface area contributed by atoms with Crippen molar-refractivity contribution in [3.8, 4) is 5.75 Å². The number of aromatic nitrogens is 1. The monoisotopic (exact) mass is 321 g/mol. The number of benzene rings is 1. The summed E-state index contributed by atoms with van der Waals surface area (Å²) in [7, 11) is 1.58. The summed E-state index contributed by atoms with van der Waals surface area (Å²) in [5.41, 5.74) is 1.46. The Hall–Kier alpha value is -2.47. The van der Waals surface area contributed by atoms with E-state index in [1.165, 1.54) is 0 Å². The first-order valence-corrected chi connectivity index (χ1v) is 7.00. The third-order valence-electron chi connectivity index (χ3n) is 2.71. The fourth-order valence-corrected chi connectivity index (χ4v) is 1.92. The molecule has 1 heterocycles. The SMILES string of the molecule is CCOC(=O)Nc1ccc(Nc2cc(Cl)ccc2OC)cn1. The molecule has 0 fully saturated rings. The first kappa shape index (κ1) is 15.9. The summed E-state index contributed by atoms with van der Waals surface area (Å²) < 4.78 is 10.0. The van der Waals surface area contributed by atoms with E-state index in [9.17, 15) is 4.79 Å². The second-order valence-electron chi connectivity index (χ2n) is 4.25. The number of rotatable bonds is 5. The number of amides is 1. The van der Waals surface area contributed by atoms with Crippen LogP contribution in [-0.2, 0) is 4.74 Å². The summed E-state index contributed by atoms with van der Waals surface area (Å²) in [5, 5.41) is 6.27. The molecule has 1 aromatic heterocycles. The molecule has 1 aromatic carbocycles. The first-order chi connectivity index (χ1) is 10.6. The molecule has 0 atom stereocenters. The fraction of sp³-hybridized carbons (Fsp3) is 0.200. The molecule has 2 N–H and O–H groups in total. The number of nitrogens with zero attached hydrogens (tertiary/aromatic N) is 1. The Bertz CT molecular complexity index is 647. The highest BCUT2D eigenvalue weighted by Gasteiger charge is 2.06. The molecule has 0 saturated carbocycles. The van der Waals surface area contributed by atoms with Crippen LogP contribution in [0.15, 0.2) is 36.5 Å². The number of nitrogens with one attached hydrogen (secondary N) is 2. The van der Waals surface area contributed by atoms with E-state index in [1.807, 2.05) is 0 Å². The van der Waals surface area contributed by atoms with Gasteiger partial charge in [-0.1, -0.05) is 11.6 Å². The van der Waals surface area contributed by atoms with E-state index in [4.69, 9.17) is 21.1 Å². The number of pyridine rings is 1. The number of methoxy groups -OCH3 is 1. The average molecular weight is 322 g/mol. The number of hydrogen-bond donors (Lipinski definition) is 2. The van der Waals surface area contributed by atoms with E-state index >= 15 is 0 Å². The zero-order chi connectivity index (χ0) is 15.9. The lowest BCUT2D eigenvalue weighted by molar-refractivity contribution is 0.168. The van der Waals surface area contributed by atoms with Gasteiger partial charge in [0.25, 0.3) is 0 Å². The second-order valence-corrected chi connectivity index (χ2v) is 4.68. The maximum absolute atomic E-state index is 11.3. The zero-order valence-corrected chi connectivity index (χ0v) is 13.0. The van der Waals surface area contributed by atoms with Crippen LogP contribution in [0, 0.1) is 0 Å². The smallest absolute Gasteiger partial charge is 0.412 e. The average Bonchev–Trinajstić information content (AvgIpc) is 2.50. The number of ether oxygens (including phenoxy) is 2. The van der Waals surface area contributed by atoms with Gasteiger partial charge in [0.05, 0.1) is 31.3 Å². The molecule has 7 heteroatoms. The van der Waals surface area contributed by atoms with Crippen LogP contribution in [0.3, 0.4) is 0 Å². The summed E-state index contributed by atoms with van der Waals surface area (Å²) in [4.78, 5) is 15.4. The molecule has 0 aliphatic carbocycles. The van der Waals surface area contributed by atoms with Crippen molar-refractivity contribution in [2.45, 2.75) is 6.92 Å². The Morgan fingerprint density at radius 1 is 1.32 bits per heavy atom. The molecule has 0 bridgehead atoms. The van der Waals surface area contributed by atoms with Gasteiger partial charge in [0.15, 0.2) is 0 Å². The first-order valence-electron chi connectivity index (χ1n) is 6.62. The van der Waals surface area contributed by atoms with Crippen LogP contribution < -0.4 is 15.4 Å². The summed E-state index contributed by atoms with van der Waals surface area (Å²) >= 11 is 5.98. The van der Waals surface area contributed by atoms with Crippen LogP contribution in [0.2, 0.25) is 5.02 Å². The van der Waals surface area contributed by atoms with Crippen LogP contribution in [0.25, 0.3) is 0 Å². The fourth-order valence-electron chi connectivity index (χ4n) is 1.75. The summed E-state index contributed by atoms with van der Waals surface area (Å²) in [5.74, 6) is 1.07. The van der Waals surface area contributed by atoms with Gasteiger partial charge in [-0.2, -0.15) is 0 Å². The van der Waals surface area contributed by atoms with E-state index in [0.29, 0.717) is 23.2 Å². The Balaban J connectivity index is 2.08. The van der Waals surface area contributed by atoms with Crippen molar-refractivity contribution in [3.63, 3.8) is 0 Å². The Morgan fingerprint density at radius 2 is 2.14 bits per heavy atom. The van der Waals surface area contributed by atoms with Gasteiger partial charge < -0.3 is 14.8 Å². The van der Waals surface area contributed by atoms with Gasteiger partial charge in [-0.25, -0.2) is 9.78 Å². The molecule has 0 aliphatic heterocycles. The third kappa shape index (κ3) is 4.26. The van der Waals surface area contributed by atoms with E-state index in [2.05, 4.69) is 15.6 Å². The van der Waals surface area contributed by atoms with Crippen molar-refractivity contribution in [2.24, 2.45) is 0 Å². The van der Waals surface area contributed by atoms with Crippen LogP contribution in [0.5, 0.6) is 5.75 Å². The second kappa shape index (κ2) is 7.51.